The molecule has 0 fully saturated rings. The SMILES string of the molecule is C=N/N=C(/N)C(=C)C.CC. The van der Waals surface area contributed by atoms with E-state index in [2.05, 4.69) is 23.5 Å². The Morgan fingerprint density at radius 1 is 1.40 bits per heavy atom. The molecule has 0 saturated heterocycles. The van der Waals surface area contributed by atoms with Crippen molar-refractivity contribution in [1.29, 1.82) is 0 Å². The quantitative estimate of drug-likeness (QED) is 0.354. The second-order valence-corrected chi connectivity index (χ2v) is 1.41. The summed E-state index contributed by atoms with van der Waals surface area (Å²) in [5.74, 6) is 0.333. The number of rotatable bonds is 2. The molecule has 0 aliphatic carbocycles. The van der Waals surface area contributed by atoms with E-state index in [-0.39, 0.29) is 0 Å². The second kappa shape index (κ2) is 7.88. The fraction of sp³-hybridized carbons (Fsp3) is 0.429. The predicted octanol–water partition coefficient (Wildman–Crippen LogP) is 1.56. The van der Waals surface area contributed by atoms with Crippen LogP contribution < -0.4 is 5.73 Å². The lowest BCUT2D eigenvalue weighted by Crippen LogP contribution is -2.10. The third-order valence-corrected chi connectivity index (χ3v) is 0.616. The van der Waals surface area contributed by atoms with Gasteiger partial charge in [0.25, 0.3) is 0 Å². The summed E-state index contributed by atoms with van der Waals surface area (Å²) in [5, 5.41) is 6.64. The van der Waals surface area contributed by atoms with E-state index in [1.807, 2.05) is 13.8 Å². The monoisotopic (exact) mass is 141 g/mol. The smallest absolute Gasteiger partial charge is 0.148 e. The lowest BCUT2D eigenvalue weighted by Gasteiger charge is -1.90. The van der Waals surface area contributed by atoms with Crippen LogP contribution >= 0.6 is 0 Å². The van der Waals surface area contributed by atoms with Crippen molar-refractivity contribution in [2.24, 2.45) is 15.9 Å². The molecule has 0 bridgehead atoms. The second-order valence-electron chi connectivity index (χ2n) is 1.41. The van der Waals surface area contributed by atoms with Crippen molar-refractivity contribution in [2.75, 3.05) is 0 Å². The maximum atomic E-state index is 5.24. The van der Waals surface area contributed by atoms with Crippen LogP contribution in [0.15, 0.2) is 22.4 Å². The van der Waals surface area contributed by atoms with Gasteiger partial charge < -0.3 is 5.73 Å². The summed E-state index contributed by atoms with van der Waals surface area (Å²) in [6, 6.07) is 0. The minimum Gasteiger partial charge on any atom is -0.382 e. The molecule has 0 aliphatic rings. The number of nitrogens with zero attached hydrogens (tertiary/aromatic N) is 2. The van der Waals surface area contributed by atoms with E-state index in [1.165, 1.54) is 0 Å². The van der Waals surface area contributed by atoms with Gasteiger partial charge in [0.05, 0.1) is 0 Å². The molecule has 0 rings (SSSR count). The molecule has 0 radical (unpaired) electrons. The lowest BCUT2D eigenvalue weighted by atomic mass is 10.3. The topological polar surface area (TPSA) is 50.7 Å². The van der Waals surface area contributed by atoms with Gasteiger partial charge in [-0.1, -0.05) is 20.4 Å². The van der Waals surface area contributed by atoms with Gasteiger partial charge in [-0.25, -0.2) is 0 Å². The van der Waals surface area contributed by atoms with E-state index < -0.39 is 0 Å². The van der Waals surface area contributed by atoms with E-state index in [0.717, 1.165) is 0 Å². The molecule has 2 N–H and O–H groups in total. The molecule has 0 spiro atoms. The van der Waals surface area contributed by atoms with Gasteiger partial charge in [0, 0.05) is 6.72 Å². The molecule has 58 valence electrons. The molecule has 3 heteroatoms. The minimum atomic E-state index is 0.333. The molecule has 0 aromatic heterocycles. The predicted molar refractivity (Wildman–Crippen MR) is 47.3 cm³/mol. The summed E-state index contributed by atoms with van der Waals surface area (Å²) in [4.78, 5) is 0. The molecule has 0 saturated carbocycles. The Bertz CT molecular complexity index is 136. The zero-order chi connectivity index (χ0) is 8.57. The van der Waals surface area contributed by atoms with Crippen molar-refractivity contribution < 1.29 is 0 Å². The van der Waals surface area contributed by atoms with Crippen LogP contribution in [0.25, 0.3) is 0 Å². The number of hydrogen-bond donors (Lipinski definition) is 1. The molecular formula is C7H15N3. The van der Waals surface area contributed by atoms with E-state index in [4.69, 9.17) is 5.73 Å². The van der Waals surface area contributed by atoms with E-state index in [0.29, 0.717) is 11.4 Å². The van der Waals surface area contributed by atoms with Crippen molar-refractivity contribution in [2.45, 2.75) is 20.8 Å². The summed E-state index contributed by atoms with van der Waals surface area (Å²) in [7, 11) is 0. The van der Waals surface area contributed by atoms with Crippen LogP contribution in [0.1, 0.15) is 20.8 Å². The van der Waals surface area contributed by atoms with Gasteiger partial charge >= 0.3 is 0 Å². The first kappa shape index (κ1) is 11.6. The van der Waals surface area contributed by atoms with Crippen molar-refractivity contribution in [3.05, 3.63) is 12.2 Å². The third-order valence-electron chi connectivity index (χ3n) is 0.616. The zero-order valence-electron chi connectivity index (χ0n) is 6.89. The minimum absolute atomic E-state index is 0.333. The maximum absolute atomic E-state index is 5.24. The van der Waals surface area contributed by atoms with Gasteiger partial charge in [0.1, 0.15) is 5.84 Å². The molecular weight excluding hydrogens is 126 g/mol. The molecule has 0 aromatic carbocycles. The van der Waals surface area contributed by atoms with E-state index in [1.54, 1.807) is 6.92 Å². The van der Waals surface area contributed by atoms with E-state index in [9.17, 15) is 0 Å². The van der Waals surface area contributed by atoms with Gasteiger partial charge in [-0.3, -0.25) is 0 Å². The van der Waals surface area contributed by atoms with E-state index >= 15 is 0 Å². The molecule has 0 atom stereocenters. The summed E-state index contributed by atoms with van der Waals surface area (Å²) >= 11 is 0. The van der Waals surface area contributed by atoms with Crippen LogP contribution in [0.4, 0.5) is 0 Å². The Kier molecular flexibility index (Phi) is 9.18. The maximum Gasteiger partial charge on any atom is 0.148 e. The first-order chi connectivity index (χ1) is 4.68. The standard InChI is InChI=1S/C5H9N3.C2H6/c1-4(2)5(6)8-7-3;1-2/h1,3H2,2H3,(H2,6,8);1-2H3. The molecule has 0 aromatic rings. The Labute approximate surface area is 62.3 Å². The first-order valence-corrected chi connectivity index (χ1v) is 3.13. The zero-order valence-corrected chi connectivity index (χ0v) is 6.89. The summed E-state index contributed by atoms with van der Waals surface area (Å²) in [5.41, 5.74) is 5.95. The largest absolute Gasteiger partial charge is 0.382 e. The Hall–Kier alpha value is -1.12. The number of nitrogens with two attached hydrogens (primary N) is 1. The van der Waals surface area contributed by atoms with Crippen LogP contribution in [0.2, 0.25) is 0 Å². The Morgan fingerprint density at radius 2 is 1.80 bits per heavy atom. The molecule has 0 unspecified atom stereocenters. The van der Waals surface area contributed by atoms with Gasteiger partial charge in [0.2, 0.25) is 0 Å². The van der Waals surface area contributed by atoms with Crippen molar-refractivity contribution in [3.63, 3.8) is 0 Å². The molecule has 0 heterocycles. The van der Waals surface area contributed by atoms with Crippen molar-refractivity contribution in [1.82, 2.24) is 0 Å². The Morgan fingerprint density at radius 3 is 1.90 bits per heavy atom. The van der Waals surface area contributed by atoms with Gasteiger partial charge in [-0.15, -0.1) is 5.10 Å². The third kappa shape index (κ3) is 6.88. The Balaban J connectivity index is 0. The fourth-order valence-electron chi connectivity index (χ4n) is 0.162. The van der Waals surface area contributed by atoms with Crippen LogP contribution in [-0.4, -0.2) is 12.6 Å². The number of amidine groups is 1. The highest BCUT2D eigenvalue weighted by Gasteiger charge is 1.86. The molecule has 10 heavy (non-hydrogen) atoms. The normalized spacial score (nSPS) is 9.30. The first-order valence-electron chi connectivity index (χ1n) is 3.13. The average Bonchev–Trinajstić information content (AvgIpc) is 1.93. The van der Waals surface area contributed by atoms with Gasteiger partial charge in [-0.05, 0) is 12.5 Å². The highest BCUT2D eigenvalue weighted by Crippen LogP contribution is 1.85. The highest BCUT2D eigenvalue weighted by molar-refractivity contribution is 5.95. The van der Waals surface area contributed by atoms with Crippen LogP contribution in [-0.2, 0) is 0 Å². The number of hydrogen-bond acceptors (Lipinski definition) is 2. The van der Waals surface area contributed by atoms with Crippen molar-refractivity contribution >= 4 is 12.6 Å². The summed E-state index contributed by atoms with van der Waals surface area (Å²) < 4.78 is 0. The van der Waals surface area contributed by atoms with Crippen LogP contribution in [0, 0.1) is 0 Å². The molecule has 0 aliphatic heterocycles. The highest BCUT2D eigenvalue weighted by atomic mass is 15.2. The van der Waals surface area contributed by atoms with Crippen LogP contribution in [0.5, 0.6) is 0 Å². The van der Waals surface area contributed by atoms with Crippen LogP contribution in [0.3, 0.4) is 0 Å². The summed E-state index contributed by atoms with van der Waals surface area (Å²) in [6.07, 6.45) is 0. The fourth-order valence-corrected chi connectivity index (χ4v) is 0.162. The average molecular weight is 141 g/mol. The molecule has 3 nitrogen and oxygen atoms in total. The summed E-state index contributed by atoms with van der Waals surface area (Å²) in [6.45, 7) is 12.4. The molecule has 0 amide bonds. The van der Waals surface area contributed by atoms with Gasteiger partial charge in [0.15, 0.2) is 0 Å². The lowest BCUT2D eigenvalue weighted by molar-refractivity contribution is 1.24. The van der Waals surface area contributed by atoms with Gasteiger partial charge in [-0.2, -0.15) is 5.10 Å². The van der Waals surface area contributed by atoms with Crippen molar-refractivity contribution in [3.8, 4) is 0 Å².